The van der Waals surface area contributed by atoms with Crippen LogP contribution in [0.1, 0.15) is 39.0 Å². The van der Waals surface area contributed by atoms with Crippen molar-refractivity contribution in [1.29, 1.82) is 0 Å². The van der Waals surface area contributed by atoms with Gasteiger partial charge in [-0.05, 0) is 30.5 Å². The maximum atomic E-state index is 12.4. The van der Waals surface area contributed by atoms with Gasteiger partial charge in [0.05, 0.1) is 5.92 Å². The number of rotatable bonds is 4. The first-order valence-corrected chi connectivity index (χ1v) is 9.59. The van der Waals surface area contributed by atoms with Gasteiger partial charge in [0.25, 0.3) is 0 Å². The zero-order chi connectivity index (χ0) is 18.9. The second-order valence-electron chi connectivity index (χ2n) is 7.25. The van der Waals surface area contributed by atoms with Gasteiger partial charge in [0.2, 0.25) is 17.7 Å². The van der Waals surface area contributed by atoms with Gasteiger partial charge >= 0.3 is 6.01 Å². The Kier molecular flexibility index (Phi) is 5.04. The predicted molar refractivity (Wildman–Crippen MR) is 100 cm³/mol. The molecule has 1 aliphatic rings. The van der Waals surface area contributed by atoms with Gasteiger partial charge in [-0.25, -0.2) is 0 Å². The lowest BCUT2D eigenvalue weighted by atomic mass is 9.96. The largest absolute Gasteiger partial charge is 0.407 e. The van der Waals surface area contributed by atoms with Crippen molar-refractivity contribution in [2.75, 3.05) is 23.0 Å². The van der Waals surface area contributed by atoms with E-state index in [1.54, 1.807) is 37.4 Å². The lowest BCUT2D eigenvalue weighted by Crippen LogP contribution is -2.27. The summed E-state index contributed by atoms with van der Waals surface area (Å²) in [6, 6.07) is 7.93. The molecule has 0 spiro atoms. The summed E-state index contributed by atoms with van der Waals surface area (Å²) in [7, 11) is 0. The Bertz CT molecular complexity index is 811. The lowest BCUT2D eigenvalue weighted by molar-refractivity contribution is -0.123. The van der Waals surface area contributed by atoms with Gasteiger partial charge in [0.1, 0.15) is 0 Å². The molecule has 1 aromatic carbocycles. The van der Waals surface area contributed by atoms with Gasteiger partial charge < -0.3 is 9.32 Å². The maximum absolute atomic E-state index is 12.4. The van der Waals surface area contributed by atoms with E-state index in [4.69, 9.17) is 4.42 Å². The molecule has 0 saturated carbocycles. The Hall–Kier alpha value is -2.35. The number of hydrogen-bond acceptors (Lipinski definition) is 6. The first-order valence-electron chi connectivity index (χ1n) is 8.37. The van der Waals surface area contributed by atoms with Crippen molar-refractivity contribution in [1.82, 2.24) is 10.2 Å². The maximum Gasteiger partial charge on any atom is 0.322 e. The fourth-order valence-electron chi connectivity index (χ4n) is 2.62. The Morgan fingerprint density at radius 1 is 1.27 bits per heavy atom. The molecule has 0 bridgehead atoms. The Labute approximate surface area is 156 Å². The van der Waals surface area contributed by atoms with E-state index in [0.29, 0.717) is 18.9 Å². The summed E-state index contributed by atoms with van der Waals surface area (Å²) in [5, 5.41) is 10.5. The normalized spacial score (nSPS) is 17.6. The van der Waals surface area contributed by atoms with Gasteiger partial charge in [-0.15, -0.1) is 16.9 Å². The first-order chi connectivity index (χ1) is 12.3. The molecular formula is C18H22N4O3S. The van der Waals surface area contributed by atoms with Crippen LogP contribution in [0.2, 0.25) is 0 Å². The van der Waals surface area contributed by atoms with Crippen molar-refractivity contribution in [2.24, 2.45) is 5.41 Å². The minimum atomic E-state index is -0.558. The number of aromatic nitrogens is 2. The van der Waals surface area contributed by atoms with Gasteiger partial charge in [-0.3, -0.25) is 14.9 Å². The van der Waals surface area contributed by atoms with Crippen molar-refractivity contribution < 1.29 is 14.0 Å². The van der Waals surface area contributed by atoms with Crippen molar-refractivity contribution in [3.63, 3.8) is 0 Å². The summed E-state index contributed by atoms with van der Waals surface area (Å²) in [6.07, 6.45) is 2.32. The van der Waals surface area contributed by atoms with Crippen molar-refractivity contribution >= 4 is 35.3 Å². The molecule has 8 heteroatoms. The van der Waals surface area contributed by atoms with Crippen molar-refractivity contribution in [2.45, 2.75) is 38.0 Å². The van der Waals surface area contributed by atoms with Crippen LogP contribution in [0.4, 0.5) is 11.7 Å². The standard InChI is InChI=1S/C18H22N4O3S/c1-18(2,3)16(24)19-17-21-20-15(25-17)11-9-14(23)22(10-11)12-5-7-13(26-4)8-6-12/h5-8,11H,9-10H2,1-4H3,(H,19,21,24)/t11-/m1/s1. The average Bonchev–Trinajstić information content (AvgIpc) is 3.21. The number of carbonyl (C=O) groups is 2. The molecule has 2 heterocycles. The van der Waals surface area contributed by atoms with Crippen molar-refractivity contribution in [3.8, 4) is 0 Å². The second-order valence-corrected chi connectivity index (χ2v) is 8.13. The predicted octanol–water partition coefficient (Wildman–Crippen LogP) is 3.30. The fraction of sp³-hybridized carbons (Fsp3) is 0.444. The molecule has 2 amide bonds. The molecule has 1 aliphatic heterocycles. The average molecular weight is 374 g/mol. The fourth-order valence-corrected chi connectivity index (χ4v) is 3.03. The highest BCUT2D eigenvalue weighted by atomic mass is 32.2. The van der Waals surface area contributed by atoms with Gasteiger partial charge in [-0.1, -0.05) is 25.9 Å². The summed E-state index contributed by atoms with van der Waals surface area (Å²) >= 11 is 1.66. The highest BCUT2D eigenvalue weighted by molar-refractivity contribution is 7.98. The number of benzene rings is 1. The summed E-state index contributed by atoms with van der Waals surface area (Å²) in [5.41, 5.74) is 0.300. The van der Waals surface area contributed by atoms with Crippen LogP contribution in [-0.2, 0) is 9.59 Å². The number of nitrogens with zero attached hydrogens (tertiary/aromatic N) is 3. The number of anilines is 2. The summed E-state index contributed by atoms with van der Waals surface area (Å²) in [5.74, 6) is -0.00241. The van der Waals surface area contributed by atoms with Gasteiger partial charge in [-0.2, -0.15) is 0 Å². The number of amides is 2. The van der Waals surface area contributed by atoms with E-state index in [2.05, 4.69) is 15.5 Å². The molecular weight excluding hydrogens is 352 g/mol. The van der Waals surface area contributed by atoms with Crippen molar-refractivity contribution in [3.05, 3.63) is 30.2 Å². The molecule has 1 fully saturated rings. The van der Waals surface area contributed by atoms with Crippen LogP contribution in [-0.4, -0.2) is 34.8 Å². The van der Waals surface area contributed by atoms with Crippen LogP contribution in [0, 0.1) is 5.41 Å². The molecule has 3 rings (SSSR count). The summed E-state index contributed by atoms with van der Waals surface area (Å²) in [6.45, 7) is 5.88. The highest BCUT2D eigenvalue weighted by Gasteiger charge is 2.35. The third-order valence-corrected chi connectivity index (χ3v) is 4.94. The first kappa shape index (κ1) is 18.4. The van der Waals surface area contributed by atoms with E-state index in [-0.39, 0.29) is 23.7 Å². The van der Waals surface area contributed by atoms with Crippen LogP contribution >= 0.6 is 11.8 Å². The minimum absolute atomic E-state index is 0.0189. The van der Waals surface area contributed by atoms with E-state index in [9.17, 15) is 9.59 Å². The number of nitrogens with one attached hydrogen (secondary N) is 1. The quantitative estimate of drug-likeness (QED) is 0.826. The van der Waals surface area contributed by atoms with Crippen LogP contribution in [0.3, 0.4) is 0 Å². The molecule has 1 aromatic heterocycles. The minimum Gasteiger partial charge on any atom is -0.407 e. The van der Waals surface area contributed by atoms with Crippen LogP contribution in [0.5, 0.6) is 0 Å². The zero-order valence-electron chi connectivity index (χ0n) is 15.3. The van der Waals surface area contributed by atoms with E-state index < -0.39 is 5.41 Å². The molecule has 2 aromatic rings. The van der Waals surface area contributed by atoms with E-state index in [1.165, 1.54) is 0 Å². The SMILES string of the molecule is CSc1ccc(N2C[C@H](c3nnc(NC(=O)C(C)(C)C)o3)CC2=O)cc1. The molecule has 0 aliphatic carbocycles. The highest BCUT2D eigenvalue weighted by Crippen LogP contribution is 2.32. The molecule has 138 valence electrons. The molecule has 0 radical (unpaired) electrons. The topological polar surface area (TPSA) is 88.3 Å². The van der Waals surface area contributed by atoms with Crippen LogP contribution in [0.15, 0.2) is 33.6 Å². The Morgan fingerprint density at radius 2 is 1.96 bits per heavy atom. The molecule has 7 nitrogen and oxygen atoms in total. The van der Waals surface area contributed by atoms with E-state index in [0.717, 1.165) is 10.6 Å². The summed E-state index contributed by atoms with van der Waals surface area (Å²) < 4.78 is 5.57. The smallest absolute Gasteiger partial charge is 0.322 e. The molecule has 26 heavy (non-hydrogen) atoms. The van der Waals surface area contributed by atoms with Crippen LogP contribution < -0.4 is 10.2 Å². The zero-order valence-corrected chi connectivity index (χ0v) is 16.1. The monoisotopic (exact) mass is 374 g/mol. The van der Waals surface area contributed by atoms with E-state index in [1.807, 2.05) is 30.5 Å². The third-order valence-electron chi connectivity index (χ3n) is 4.20. The van der Waals surface area contributed by atoms with Gasteiger partial charge in [0, 0.05) is 29.0 Å². The summed E-state index contributed by atoms with van der Waals surface area (Å²) in [4.78, 5) is 27.3. The van der Waals surface area contributed by atoms with Crippen LogP contribution in [0.25, 0.3) is 0 Å². The Balaban J connectivity index is 1.69. The molecule has 1 N–H and O–H groups in total. The lowest BCUT2D eigenvalue weighted by Gasteiger charge is -2.16. The molecule has 1 atom stereocenters. The third kappa shape index (κ3) is 3.90. The van der Waals surface area contributed by atoms with E-state index >= 15 is 0 Å². The number of hydrogen-bond donors (Lipinski definition) is 1. The van der Waals surface area contributed by atoms with Gasteiger partial charge in [0.15, 0.2) is 0 Å². The Morgan fingerprint density at radius 3 is 2.58 bits per heavy atom. The number of thioether (sulfide) groups is 1. The molecule has 0 unspecified atom stereocenters. The second kappa shape index (κ2) is 7.11. The molecule has 1 saturated heterocycles. The number of carbonyl (C=O) groups excluding carboxylic acids is 2.